The van der Waals surface area contributed by atoms with Crippen LogP contribution >= 0.6 is 0 Å². The molecule has 0 aromatic heterocycles. The number of ether oxygens (including phenoxy) is 1. The fourth-order valence-corrected chi connectivity index (χ4v) is 1.58. The molecule has 19 heavy (non-hydrogen) atoms. The molecule has 0 aliphatic heterocycles. The van der Waals surface area contributed by atoms with Crippen molar-refractivity contribution in [3.8, 4) is 5.75 Å². The lowest BCUT2D eigenvalue weighted by Crippen LogP contribution is -2.26. The normalized spacial score (nSPS) is 12.2. The Hall–Kier alpha value is -1.66. The molecule has 0 bridgehead atoms. The molecule has 1 aromatic carbocycles. The van der Waals surface area contributed by atoms with Gasteiger partial charge in [0.2, 0.25) is 0 Å². The van der Waals surface area contributed by atoms with Gasteiger partial charge in [-0.15, -0.1) is 0 Å². The van der Waals surface area contributed by atoms with Gasteiger partial charge in [-0.05, 0) is 38.4 Å². The molecule has 0 aliphatic rings. The second-order valence-electron chi connectivity index (χ2n) is 4.48. The fourth-order valence-electron chi connectivity index (χ4n) is 1.58. The van der Waals surface area contributed by atoms with Gasteiger partial charge in [0.05, 0.1) is 17.6 Å². The van der Waals surface area contributed by atoms with E-state index in [1.165, 1.54) is 6.07 Å². The molecule has 0 saturated heterocycles. The Morgan fingerprint density at radius 1 is 1.53 bits per heavy atom. The van der Waals surface area contributed by atoms with Crippen molar-refractivity contribution in [1.82, 2.24) is 5.32 Å². The summed E-state index contributed by atoms with van der Waals surface area (Å²) in [6.45, 7) is 5.14. The average Bonchev–Trinajstić information content (AvgIpc) is 2.34. The van der Waals surface area contributed by atoms with Gasteiger partial charge in [-0.25, -0.2) is 0 Å². The third-order valence-corrected chi connectivity index (χ3v) is 2.51. The van der Waals surface area contributed by atoms with Crippen LogP contribution in [0.2, 0.25) is 0 Å². The van der Waals surface area contributed by atoms with E-state index < -0.39 is 4.92 Å². The number of nitro benzene ring substituents is 1. The summed E-state index contributed by atoms with van der Waals surface area (Å²) >= 11 is 0. The Morgan fingerprint density at radius 3 is 2.89 bits per heavy atom. The lowest BCUT2D eigenvalue weighted by Gasteiger charge is -2.09. The summed E-state index contributed by atoms with van der Waals surface area (Å²) in [7, 11) is 0. The van der Waals surface area contributed by atoms with Gasteiger partial charge >= 0.3 is 5.69 Å². The Morgan fingerprint density at radius 2 is 2.26 bits per heavy atom. The molecule has 0 radical (unpaired) electrons. The molecule has 0 aliphatic carbocycles. The number of aliphatic hydroxyl groups is 1. The third kappa shape index (κ3) is 5.67. The number of aliphatic hydroxyl groups excluding tert-OH is 1. The Balaban J connectivity index is 2.39. The topological polar surface area (TPSA) is 84.6 Å². The van der Waals surface area contributed by atoms with Gasteiger partial charge in [-0.1, -0.05) is 6.07 Å². The highest BCUT2D eigenvalue weighted by atomic mass is 16.6. The smallest absolute Gasteiger partial charge is 0.311 e. The summed E-state index contributed by atoms with van der Waals surface area (Å²) in [6, 6.07) is 4.91. The van der Waals surface area contributed by atoms with Gasteiger partial charge < -0.3 is 15.2 Å². The molecule has 0 amide bonds. The molecule has 0 heterocycles. The van der Waals surface area contributed by atoms with Crippen molar-refractivity contribution in [3.05, 3.63) is 33.9 Å². The number of aryl methyl sites for hydroxylation is 1. The van der Waals surface area contributed by atoms with Crippen LogP contribution in [0.3, 0.4) is 0 Å². The lowest BCUT2D eigenvalue weighted by molar-refractivity contribution is -0.385. The number of nitrogens with one attached hydrogen (secondary N) is 1. The minimum Gasteiger partial charge on any atom is -0.487 e. The van der Waals surface area contributed by atoms with E-state index in [4.69, 9.17) is 9.84 Å². The van der Waals surface area contributed by atoms with Crippen molar-refractivity contribution < 1.29 is 14.8 Å². The zero-order chi connectivity index (χ0) is 14.3. The first kappa shape index (κ1) is 15.4. The van der Waals surface area contributed by atoms with E-state index in [-0.39, 0.29) is 11.8 Å². The highest BCUT2D eigenvalue weighted by molar-refractivity contribution is 5.48. The first-order chi connectivity index (χ1) is 9.00. The molecule has 1 rings (SSSR count). The molecule has 1 aromatic rings. The Labute approximate surface area is 112 Å². The standard InChI is InChI=1S/C13H20N2O4/c1-10-4-5-13(12(8-10)15(17)18)19-7-3-6-14-9-11(2)16/h4-5,8,11,14,16H,3,6-7,9H2,1-2H3. The molecular formula is C13H20N2O4. The van der Waals surface area contributed by atoms with E-state index >= 15 is 0 Å². The van der Waals surface area contributed by atoms with Crippen molar-refractivity contribution in [1.29, 1.82) is 0 Å². The first-order valence-corrected chi connectivity index (χ1v) is 6.27. The summed E-state index contributed by atoms with van der Waals surface area (Å²) in [4.78, 5) is 10.4. The van der Waals surface area contributed by atoms with Crippen molar-refractivity contribution in [2.75, 3.05) is 19.7 Å². The second kappa shape index (κ2) is 7.70. The highest BCUT2D eigenvalue weighted by Crippen LogP contribution is 2.27. The van der Waals surface area contributed by atoms with Crippen molar-refractivity contribution in [2.24, 2.45) is 0 Å². The largest absolute Gasteiger partial charge is 0.487 e. The van der Waals surface area contributed by atoms with Gasteiger partial charge in [-0.3, -0.25) is 10.1 Å². The molecule has 2 N–H and O–H groups in total. The summed E-state index contributed by atoms with van der Waals surface area (Å²) in [6.07, 6.45) is 0.344. The maximum absolute atomic E-state index is 10.9. The molecule has 6 heteroatoms. The number of hydrogen-bond acceptors (Lipinski definition) is 5. The van der Waals surface area contributed by atoms with Crippen molar-refractivity contribution >= 4 is 5.69 Å². The molecule has 1 unspecified atom stereocenters. The lowest BCUT2D eigenvalue weighted by atomic mass is 10.2. The zero-order valence-electron chi connectivity index (χ0n) is 11.3. The molecule has 106 valence electrons. The molecule has 0 saturated carbocycles. The third-order valence-electron chi connectivity index (χ3n) is 2.51. The van der Waals surface area contributed by atoms with Crippen molar-refractivity contribution in [2.45, 2.75) is 26.4 Å². The van der Waals surface area contributed by atoms with Crippen LogP contribution in [0.25, 0.3) is 0 Å². The van der Waals surface area contributed by atoms with E-state index in [9.17, 15) is 10.1 Å². The molecule has 1 atom stereocenters. The number of nitrogens with zero attached hydrogens (tertiary/aromatic N) is 1. The highest BCUT2D eigenvalue weighted by Gasteiger charge is 2.14. The Kier molecular flexibility index (Phi) is 6.24. The van der Waals surface area contributed by atoms with E-state index in [0.717, 1.165) is 12.0 Å². The summed E-state index contributed by atoms with van der Waals surface area (Å²) in [5, 5.41) is 23.0. The number of rotatable bonds is 8. The molecule has 6 nitrogen and oxygen atoms in total. The van der Waals surface area contributed by atoms with Gasteiger partial charge in [0.15, 0.2) is 5.75 Å². The predicted octanol–water partition coefficient (Wildman–Crippen LogP) is 1.64. The summed E-state index contributed by atoms with van der Waals surface area (Å²) in [5.74, 6) is 0.297. The van der Waals surface area contributed by atoms with Crippen LogP contribution in [-0.2, 0) is 0 Å². The summed E-state index contributed by atoms with van der Waals surface area (Å²) < 4.78 is 5.42. The molecular weight excluding hydrogens is 248 g/mol. The minimum absolute atomic E-state index is 0.00283. The maximum Gasteiger partial charge on any atom is 0.311 e. The quantitative estimate of drug-likeness (QED) is 0.425. The van der Waals surface area contributed by atoms with Crippen LogP contribution < -0.4 is 10.1 Å². The average molecular weight is 268 g/mol. The minimum atomic E-state index is -0.436. The van der Waals surface area contributed by atoms with Crippen molar-refractivity contribution in [3.63, 3.8) is 0 Å². The van der Waals surface area contributed by atoms with E-state index in [1.807, 2.05) is 0 Å². The van der Waals surface area contributed by atoms with Crippen LogP contribution in [0.5, 0.6) is 5.75 Å². The van der Waals surface area contributed by atoms with Gasteiger partial charge in [0.25, 0.3) is 0 Å². The van der Waals surface area contributed by atoms with E-state index in [2.05, 4.69) is 5.32 Å². The number of nitro groups is 1. The van der Waals surface area contributed by atoms with E-state index in [0.29, 0.717) is 25.4 Å². The SMILES string of the molecule is Cc1ccc(OCCCNCC(C)O)c([N+](=O)[O-])c1. The summed E-state index contributed by atoms with van der Waals surface area (Å²) in [5.41, 5.74) is 0.828. The monoisotopic (exact) mass is 268 g/mol. The van der Waals surface area contributed by atoms with Gasteiger partial charge in [0, 0.05) is 12.6 Å². The predicted molar refractivity (Wildman–Crippen MR) is 72.5 cm³/mol. The fraction of sp³-hybridized carbons (Fsp3) is 0.538. The van der Waals surface area contributed by atoms with E-state index in [1.54, 1.807) is 26.0 Å². The van der Waals surface area contributed by atoms with Crippen LogP contribution in [0.4, 0.5) is 5.69 Å². The second-order valence-corrected chi connectivity index (χ2v) is 4.48. The zero-order valence-corrected chi connectivity index (χ0v) is 11.3. The van der Waals surface area contributed by atoms with Gasteiger partial charge in [-0.2, -0.15) is 0 Å². The molecule has 0 spiro atoms. The van der Waals surface area contributed by atoms with Crippen LogP contribution in [-0.4, -0.2) is 35.8 Å². The van der Waals surface area contributed by atoms with Crippen LogP contribution in [0.1, 0.15) is 18.9 Å². The first-order valence-electron chi connectivity index (χ1n) is 6.27. The van der Waals surface area contributed by atoms with Crippen LogP contribution in [0.15, 0.2) is 18.2 Å². The van der Waals surface area contributed by atoms with Crippen LogP contribution in [0, 0.1) is 17.0 Å². The maximum atomic E-state index is 10.9. The number of benzene rings is 1. The Bertz CT molecular complexity index is 421. The number of hydrogen-bond donors (Lipinski definition) is 2. The molecule has 0 fully saturated rings. The van der Waals surface area contributed by atoms with Gasteiger partial charge in [0.1, 0.15) is 0 Å².